The normalized spacial score (nSPS) is 25.7. The minimum Gasteiger partial charge on any atom is -0.444 e. The molecular weight excluding hydrogens is 366 g/mol. The first kappa shape index (κ1) is 16.2. The standard InChI is InChI=1S/C15H18BrN3O4/c1-15(2,3)23-14(21)19-7-8-12(22-8)11(19)13(20)18-10-6-4-5-9(16)17-10/h4-6,8,11-12H,7H2,1-3H3,(H,17,18,20)/t8-,11-,12+/m1/s1. The summed E-state index contributed by atoms with van der Waals surface area (Å²) in [5.74, 6) is 0.0871. The molecule has 124 valence electrons. The number of rotatable bonds is 2. The summed E-state index contributed by atoms with van der Waals surface area (Å²) in [6.07, 6.45) is -0.862. The van der Waals surface area contributed by atoms with Crippen molar-refractivity contribution in [3.63, 3.8) is 0 Å². The zero-order valence-corrected chi connectivity index (χ0v) is 14.7. The van der Waals surface area contributed by atoms with Crippen LogP contribution < -0.4 is 5.32 Å². The Morgan fingerprint density at radius 1 is 1.43 bits per heavy atom. The van der Waals surface area contributed by atoms with Gasteiger partial charge in [0, 0.05) is 0 Å². The third-order valence-electron chi connectivity index (χ3n) is 3.51. The Morgan fingerprint density at radius 2 is 2.17 bits per heavy atom. The molecule has 3 heterocycles. The molecular formula is C15H18BrN3O4. The maximum absolute atomic E-state index is 12.5. The lowest BCUT2D eigenvalue weighted by Crippen LogP contribution is -2.49. The molecule has 2 aliphatic rings. The second-order valence-corrected chi connectivity index (χ2v) is 7.36. The van der Waals surface area contributed by atoms with E-state index in [0.29, 0.717) is 17.0 Å². The average molecular weight is 384 g/mol. The Kier molecular flexibility index (Phi) is 4.05. The molecule has 1 aromatic heterocycles. The third-order valence-corrected chi connectivity index (χ3v) is 3.95. The van der Waals surface area contributed by atoms with Crippen molar-refractivity contribution in [2.75, 3.05) is 11.9 Å². The SMILES string of the molecule is CC(C)(C)OC(=O)N1C[C@H]2O[C@@H]2[C@@H]1C(=O)Nc1cccc(Br)n1. The molecule has 0 bridgehead atoms. The molecule has 2 aliphatic heterocycles. The summed E-state index contributed by atoms with van der Waals surface area (Å²) in [6, 6.07) is 4.51. The number of amides is 2. The Hall–Kier alpha value is -1.67. The first-order valence-electron chi connectivity index (χ1n) is 7.33. The van der Waals surface area contributed by atoms with Crippen LogP contribution in [0.2, 0.25) is 0 Å². The van der Waals surface area contributed by atoms with Gasteiger partial charge in [0.15, 0.2) is 0 Å². The van der Waals surface area contributed by atoms with Crippen LogP contribution in [0.25, 0.3) is 0 Å². The number of morpholine rings is 1. The van der Waals surface area contributed by atoms with E-state index in [2.05, 4.69) is 26.2 Å². The molecule has 0 radical (unpaired) electrons. The molecule has 3 atom stereocenters. The van der Waals surface area contributed by atoms with Gasteiger partial charge in [-0.2, -0.15) is 0 Å². The zero-order chi connectivity index (χ0) is 16.8. The third kappa shape index (κ3) is 3.64. The second kappa shape index (κ2) is 5.76. The van der Waals surface area contributed by atoms with Gasteiger partial charge in [0.25, 0.3) is 5.91 Å². The summed E-state index contributed by atoms with van der Waals surface area (Å²) in [7, 11) is 0. The number of nitrogens with one attached hydrogen (secondary N) is 1. The molecule has 1 aromatic rings. The van der Waals surface area contributed by atoms with E-state index in [1.54, 1.807) is 39.0 Å². The first-order valence-corrected chi connectivity index (χ1v) is 8.12. The van der Waals surface area contributed by atoms with Crippen molar-refractivity contribution < 1.29 is 19.1 Å². The predicted molar refractivity (Wildman–Crippen MR) is 86.0 cm³/mol. The van der Waals surface area contributed by atoms with E-state index < -0.39 is 17.7 Å². The maximum Gasteiger partial charge on any atom is 0.411 e. The van der Waals surface area contributed by atoms with Gasteiger partial charge in [-0.15, -0.1) is 0 Å². The van der Waals surface area contributed by atoms with Crippen molar-refractivity contribution in [2.45, 2.75) is 44.6 Å². The molecule has 2 saturated heterocycles. The largest absolute Gasteiger partial charge is 0.444 e. The summed E-state index contributed by atoms with van der Waals surface area (Å²) in [6.45, 7) is 5.74. The minimum atomic E-state index is -0.698. The highest BCUT2D eigenvalue weighted by atomic mass is 79.9. The van der Waals surface area contributed by atoms with Gasteiger partial charge in [0.05, 0.1) is 6.54 Å². The van der Waals surface area contributed by atoms with E-state index in [9.17, 15) is 9.59 Å². The predicted octanol–water partition coefficient (Wildman–Crippen LogP) is 2.17. The van der Waals surface area contributed by atoms with Crippen LogP contribution in [0.1, 0.15) is 20.8 Å². The first-order chi connectivity index (χ1) is 10.7. The topological polar surface area (TPSA) is 84.1 Å². The summed E-state index contributed by atoms with van der Waals surface area (Å²) in [5.41, 5.74) is -0.613. The average Bonchev–Trinajstić information content (AvgIpc) is 3.07. The highest BCUT2D eigenvalue weighted by molar-refractivity contribution is 9.10. The van der Waals surface area contributed by atoms with E-state index in [-0.39, 0.29) is 18.1 Å². The van der Waals surface area contributed by atoms with E-state index in [4.69, 9.17) is 9.47 Å². The molecule has 2 amide bonds. The number of hydrogen-bond donors (Lipinski definition) is 1. The smallest absolute Gasteiger partial charge is 0.411 e. The fourth-order valence-electron chi connectivity index (χ4n) is 2.54. The van der Waals surface area contributed by atoms with Crippen LogP contribution in [0.5, 0.6) is 0 Å². The highest BCUT2D eigenvalue weighted by Gasteiger charge is 2.59. The number of pyridine rings is 1. The molecule has 0 aliphatic carbocycles. The van der Waals surface area contributed by atoms with E-state index in [1.165, 1.54) is 4.90 Å². The number of anilines is 1. The molecule has 7 nitrogen and oxygen atoms in total. The minimum absolute atomic E-state index is 0.0891. The number of likely N-dealkylation sites (tertiary alicyclic amines) is 1. The van der Waals surface area contributed by atoms with E-state index in [0.717, 1.165) is 0 Å². The number of carbonyl (C=O) groups excluding carboxylic acids is 2. The quantitative estimate of drug-likeness (QED) is 0.624. The van der Waals surface area contributed by atoms with Crippen LogP contribution in [0.15, 0.2) is 22.8 Å². The zero-order valence-electron chi connectivity index (χ0n) is 13.1. The van der Waals surface area contributed by atoms with Gasteiger partial charge in [-0.25, -0.2) is 9.78 Å². The van der Waals surface area contributed by atoms with Crippen LogP contribution >= 0.6 is 15.9 Å². The van der Waals surface area contributed by atoms with Crippen molar-refractivity contribution in [1.82, 2.24) is 9.88 Å². The Morgan fingerprint density at radius 3 is 2.83 bits per heavy atom. The van der Waals surface area contributed by atoms with Crippen molar-refractivity contribution in [3.8, 4) is 0 Å². The lowest BCUT2D eigenvalue weighted by atomic mass is 10.2. The molecule has 2 fully saturated rings. The number of epoxide rings is 1. The lowest BCUT2D eigenvalue weighted by Gasteiger charge is -2.29. The number of halogens is 1. The Labute approximate surface area is 142 Å². The summed E-state index contributed by atoms with van der Waals surface area (Å²) in [4.78, 5) is 30.4. The fourth-order valence-corrected chi connectivity index (χ4v) is 2.89. The number of aromatic nitrogens is 1. The van der Waals surface area contributed by atoms with Crippen molar-refractivity contribution >= 4 is 33.7 Å². The van der Waals surface area contributed by atoms with Crippen LogP contribution in [0.4, 0.5) is 10.6 Å². The second-order valence-electron chi connectivity index (χ2n) is 6.55. The van der Waals surface area contributed by atoms with Crippen molar-refractivity contribution in [2.24, 2.45) is 0 Å². The number of nitrogens with zero attached hydrogens (tertiary/aromatic N) is 2. The number of hydrogen-bond acceptors (Lipinski definition) is 5. The lowest BCUT2D eigenvalue weighted by molar-refractivity contribution is -0.121. The van der Waals surface area contributed by atoms with Gasteiger partial charge in [-0.05, 0) is 48.8 Å². The van der Waals surface area contributed by atoms with Crippen molar-refractivity contribution in [3.05, 3.63) is 22.8 Å². The summed E-state index contributed by atoms with van der Waals surface area (Å²) >= 11 is 3.25. The number of ether oxygens (including phenoxy) is 2. The molecule has 0 aromatic carbocycles. The van der Waals surface area contributed by atoms with Crippen LogP contribution in [0, 0.1) is 0 Å². The Bertz CT molecular complexity index is 646. The van der Waals surface area contributed by atoms with Gasteiger partial charge in [0.1, 0.15) is 34.3 Å². The van der Waals surface area contributed by atoms with E-state index >= 15 is 0 Å². The summed E-state index contributed by atoms with van der Waals surface area (Å²) < 4.78 is 11.4. The molecule has 3 rings (SSSR count). The van der Waals surface area contributed by atoms with Crippen LogP contribution in [-0.4, -0.2) is 52.3 Å². The number of fused-ring (bicyclic) bond motifs is 1. The Balaban J connectivity index is 1.71. The fraction of sp³-hybridized carbons (Fsp3) is 0.533. The number of carbonyl (C=O) groups is 2. The monoisotopic (exact) mass is 383 g/mol. The molecule has 8 heteroatoms. The van der Waals surface area contributed by atoms with Crippen LogP contribution in [-0.2, 0) is 14.3 Å². The van der Waals surface area contributed by atoms with E-state index in [1.807, 2.05) is 0 Å². The van der Waals surface area contributed by atoms with Crippen LogP contribution in [0.3, 0.4) is 0 Å². The molecule has 0 spiro atoms. The maximum atomic E-state index is 12.5. The summed E-state index contributed by atoms with van der Waals surface area (Å²) in [5, 5.41) is 2.72. The van der Waals surface area contributed by atoms with Gasteiger partial charge in [0.2, 0.25) is 0 Å². The van der Waals surface area contributed by atoms with Crippen molar-refractivity contribution in [1.29, 1.82) is 0 Å². The van der Waals surface area contributed by atoms with Gasteiger partial charge in [-0.1, -0.05) is 6.07 Å². The highest BCUT2D eigenvalue weighted by Crippen LogP contribution is 2.37. The van der Waals surface area contributed by atoms with Gasteiger partial charge < -0.3 is 14.8 Å². The van der Waals surface area contributed by atoms with Gasteiger partial charge in [-0.3, -0.25) is 9.69 Å². The molecule has 23 heavy (non-hydrogen) atoms. The molecule has 0 saturated carbocycles. The molecule has 0 unspecified atom stereocenters. The molecule has 1 N–H and O–H groups in total. The van der Waals surface area contributed by atoms with Gasteiger partial charge >= 0.3 is 6.09 Å².